The van der Waals surface area contributed by atoms with Crippen LogP contribution in [0.5, 0.6) is 0 Å². The monoisotopic (exact) mass is 216 g/mol. The molecular weight excluding hydrogens is 209 g/mol. The standard InChI is InChI=1S/C7H7ClN2P2/c8-7(11,12)6-2-1-5(3-9)4-10-6/h1-2,4H,11-12H2. The molecule has 1 aromatic heterocycles. The number of hydrogen-bond donors (Lipinski definition) is 0. The van der Waals surface area contributed by atoms with E-state index in [9.17, 15) is 0 Å². The van der Waals surface area contributed by atoms with Gasteiger partial charge in [0, 0.05) is 6.20 Å². The van der Waals surface area contributed by atoms with Gasteiger partial charge in [0.05, 0.1) is 11.3 Å². The molecule has 0 aliphatic heterocycles. The van der Waals surface area contributed by atoms with Gasteiger partial charge >= 0.3 is 0 Å². The summed E-state index contributed by atoms with van der Waals surface area (Å²) in [6.45, 7) is 0. The maximum absolute atomic E-state index is 8.50. The molecule has 5 heteroatoms. The minimum absolute atomic E-state index is 0.537. The van der Waals surface area contributed by atoms with Crippen LogP contribution in [-0.2, 0) is 4.36 Å². The molecule has 0 N–H and O–H groups in total. The molecule has 1 aromatic rings. The molecule has 1 rings (SSSR count). The van der Waals surface area contributed by atoms with Crippen molar-refractivity contribution >= 4 is 30.1 Å². The third-order valence-corrected chi connectivity index (χ3v) is 2.07. The van der Waals surface area contributed by atoms with Crippen LogP contribution in [0.25, 0.3) is 0 Å². The van der Waals surface area contributed by atoms with Crippen molar-refractivity contribution in [1.82, 2.24) is 4.98 Å². The normalized spacial score (nSPS) is 10.8. The van der Waals surface area contributed by atoms with Gasteiger partial charge in [-0.3, -0.25) is 4.98 Å². The molecule has 2 nitrogen and oxygen atoms in total. The first-order valence-corrected chi connectivity index (χ1v) is 4.70. The molecule has 0 saturated carbocycles. The molecule has 1 heterocycles. The summed E-state index contributed by atoms with van der Waals surface area (Å²) in [5, 5.41) is 8.50. The Morgan fingerprint density at radius 1 is 1.50 bits per heavy atom. The molecule has 0 aromatic carbocycles. The van der Waals surface area contributed by atoms with Crippen LogP contribution in [0.3, 0.4) is 0 Å². The van der Waals surface area contributed by atoms with E-state index in [1.54, 1.807) is 12.1 Å². The average Bonchev–Trinajstić information content (AvgIpc) is 2.03. The minimum atomic E-state index is -0.631. The van der Waals surface area contributed by atoms with E-state index in [1.165, 1.54) is 6.20 Å². The van der Waals surface area contributed by atoms with Crippen LogP contribution in [-0.4, -0.2) is 4.98 Å². The van der Waals surface area contributed by atoms with Crippen LogP contribution in [0, 0.1) is 11.3 Å². The highest BCUT2D eigenvalue weighted by atomic mass is 35.5. The Bertz CT molecular complexity index is 310. The second kappa shape index (κ2) is 3.67. The lowest BCUT2D eigenvalue weighted by Gasteiger charge is -2.13. The van der Waals surface area contributed by atoms with E-state index in [1.807, 2.05) is 6.07 Å². The fourth-order valence-corrected chi connectivity index (χ4v) is 1.14. The first kappa shape index (κ1) is 9.87. The van der Waals surface area contributed by atoms with Gasteiger partial charge in [-0.2, -0.15) is 5.26 Å². The summed E-state index contributed by atoms with van der Waals surface area (Å²) in [4.78, 5) is 4.02. The van der Waals surface area contributed by atoms with Crippen LogP contribution in [0.15, 0.2) is 18.3 Å². The zero-order valence-corrected chi connectivity index (χ0v) is 9.22. The number of pyridine rings is 1. The molecule has 62 valence electrons. The van der Waals surface area contributed by atoms with Crippen LogP contribution in [0.4, 0.5) is 0 Å². The SMILES string of the molecule is N#Cc1ccc(C(P)(P)Cl)nc1. The third-order valence-electron chi connectivity index (χ3n) is 1.29. The molecule has 0 aliphatic carbocycles. The van der Waals surface area contributed by atoms with Crippen LogP contribution in [0.1, 0.15) is 11.3 Å². The van der Waals surface area contributed by atoms with E-state index in [2.05, 4.69) is 23.5 Å². The van der Waals surface area contributed by atoms with Crippen molar-refractivity contribution < 1.29 is 0 Å². The lowest BCUT2D eigenvalue weighted by atomic mass is 10.3. The number of hydrogen-bond acceptors (Lipinski definition) is 2. The molecular formula is C7H7ClN2P2. The highest BCUT2D eigenvalue weighted by Crippen LogP contribution is 2.41. The minimum Gasteiger partial charge on any atom is -0.257 e. The Labute approximate surface area is 80.7 Å². The maximum Gasteiger partial charge on any atom is 0.113 e. The molecule has 0 radical (unpaired) electrons. The van der Waals surface area contributed by atoms with E-state index >= 15 is 0 Å². The Morgan fingerprint density at radius 3 is 2.50 bits per heavy atom. The quantitative estimate of drug-likeness (QED) is 0.532. The summed E-state index contributed by atoms with van der Waals surface area (Å²) >= 11 is 5.93. The number of aromatic nitrogens is 1. The van der Waals surface area contributed by atoms with E-state index in [0.29, 0.717) is 11.3 Å². The summed E-state index contributed by atoms with van der Waals surface area (Å²) < 4.78 is -0.631. The summed E-state index contributed by atoms with van der Waals surface area (Å²) in [6, 6.07) is 5.40. The van der Waals surface area contributed by atoms with Gasteiger partial charge in [0.1, 0.15) is 10.4 Å². The van der Waals surface area contributed by atoms with Gasteiger partial charge in [0.15, 0.2) is 0 Å². The lowest BCUT2D eigenvalue weighted by molar-refractivity contribution is 1.10. The molecule has 2 atom stereocenters. The number of nitriles is 1. The second-order valence-corrected chi connectivity index (χ2v) is 6.16. The number of halogens is 1. The second-order valence-electron chi connectivity index (χ2n) is 2.31. The third kappa shape index (κ3) is 2.39. The van der Waals surface area contributed by atoms with Crippen LogP contribution < -0.4 is 0 Å². The zero-order valence-electron chi connectivity index (χ0n) is 6.16. The highest BCUT2D eigenvalue weighted by Gasteiger charge is 2.17. The van der Waals surface area contributed by atoms with Gasteiger partial charge < -0.3 is 0 Å². The Hall–Kier alpha value is -0.210. The lowest BCUT2D eigenvalue weighted by Crippen LogP contribution is -2.01. The van der Waals surface area contributed by atoms with Gasteiger partial charge in [0.25, 0.3) is 0 Å². The fraction of sp³-hybridized carbons (Fsp3) is 0.143. The smallest absolute Gasteiger partial charge is 0.113 e. The van der Waals surface area contributed by atoms with Crippen molar-refractivity contribution in [1.29, 1.82) is 5.26 Å². The van der Waals surface area contributed by atoms with Gasteiger partial charge in [-0.1, -0.05) is 0 Å². The molecule has 0 amide bonds. The largest absolute Gasteiger partial charge is 0.257 e. The molecule has 0 fully saturated rings. The zero-order chi connectivity index (χ0) is 9.19. The average molecular weight is 217 g/mol. The number of alkyl halides is 1. The first-order valence-electron chi connectivity index (χ1n) is 3.17. The fourth-order valence-electron chi connectivity index (χ4n) is 0.687. The predicted octanol–water partition coefficient (Wildman–Crippen LogP) is 2.05. The van der Waals surface area contributed by atoms with E-state index in [4.69, 9.17) is 16.9 Å². The van der Waals surface area contributed by atoms with Gasteiger partial charge in [-0.15, -0.1) is 30.1 Å². The van der Waals surface area contributed by atoms with Crippen LogP contribution >= 0.6 is 30.1 Å². The van der Waals surface area contributed by atoms with Crippen molar-refractivity contribution in [2.24, 2.45) is 0 Å². The Kier molecular flexibility index (Phi) is 3.02. The van der Waals surface area contributed by atoms with Gasteiger partial charge in [-0.25, -0.2) is 0 Å². The summed E-state index contributed by atoms with van der Waals surface area (Å²) in [5.74, 6) is 0. The van der Waals surface area contributed by atoms with Crippen LogP contribution in [0.2, 0.25) is 0 Å². The topological polar surface area (TPSA) is 36.7 Å². The van der Waals surface area contributed by atoms with Crippen molar-refractivity contribution in [2.45, 2.75) is 4.36 Å². The molecule has 0 aliphatic rings. The van der Waals surface area contributed by atoms with Crippen molar-refractivity contribution in [2.75, 3.05) is 0 Å². The Morgan fingerprint density at radius 2 is 2.17 bits per heavy atom. The van der Waals surface area contributed by atoms with Gasteiger partial charge in [-0.05, 0) is 12.1 Å². The molecule has 2 unspecified atom stereocenters. The molecule has 0 bridgehead atoms. The molecule has 0 spiro atoms. The van der Waals surface area contributed by atoms with E-state index in [0.717, 1.165) is 0 Å². The number of rotatable bonds is 1. The van der Waals surface area contributed by atoms with Gasteiger partial charge in [0.2, 0.25) is 0 Å². The van der Waals surface area contributed by atoms with E-state index < -0.39 is 4.36 Å². The predicted molar refractivity (Wildman–Crippen MR) is 55.9 cm³/mol. The summed E-state index contributed by atoms with van der Waals surface area (Å²) in [7, 11) is 4.89. The first-order chi connectivity index (χ1) is 5.54. The maximum atomic E-state index is 8.50. The van der Waals surface area contributed by atoms with E-state index in [-0.39, 0.29) is 0 Å². The van der Waals surface area contributed by atoms with Crippen molar-refractivity contribution in [3.8, 4) is 6.07 Å². The number of nitrogens with zero attached hydrogens (tertiary/aromatic N) is 2. The summed E-state index contributed by atoms with van der Waals surface area (Å²) in [6.07, 6.45) is 1.50. The van der Waals surface area contributed by atoms with Crippen molar-refractivity contribution in [3.05, 3.63) is 29.6 Å². The molecule has 0 saturated heterocycles. The highest BCUT2D eigenvalue weighted by molar-refractivity contribution is 7.43. The Balaban J connectivity index is 3.02. The molecule has 12 heavy (non-hydrogen) atoms. The summed E-state index contributed by atoms with van der Waals surface area (Å²) in [5.41, 5.74) is 1.24. The van der Waals surface area contributed by atoms with Crippen molar-refractivity contribution in [3.63, 3.8) is 0 Å².